The second kappa shape index (κ2) is 23.0. The SMILES string of the molecule is CC(=O)N[C@@H](CCC(N)=O)C(=O)N[C@@H](CC1CCCCC1)C(=O)N[C@@H](CNC(=O)CCl)C(=O)N[C@@H](CC(C)C)C(=O)N[C@@H](Cc1ccccc1)C(=O)O. The zero-order chi connectivity index (χ0) is 39.5. The molecule has 2 rings (SSSR count). The lowest BCUT2D eigenvalue weighted by Crippen LogP contribution is -2.61. The molecular weight excluding hydrogens is 710 g/mol. The number of hydrogen-bond acceptors (Lipinski definition) is 8. The number of nitrogens with one attached hydrogen (secondary N) is 6. The largest absolute Gasteiger partial charge is 0.480 e. The Morgan fingerprint density at radius 2 is 1.32 bits per heavy atom. The van der Waals surface area contributed by atoms with Gasteiger partial charge in [0, 0.05) is 26.3 Å². The van der Waals surface area contributed by atoms with Crippen molar-refractivity contribution in [3.05, 3.63) is 35.9 Å². The number of alkyl halides is 1. The van der Waals surface area contributed by atoms with Crippen LogP contribution in [0.4, 0.5) is 0 Å². The third-order valence-corrected chi connectivity index (χ3v) is 9.04. The number of rotatable bonds is 22. The summed E-state index contributed by atoms with van der Waals surface area (Å²) in [5, 5.41) is 25.2. The van der Waals surface area contributed by atoms with E-state index >= 15 is 0 Å². The minimum Gasteiger partial charge on any atom is -0.480 e. The molecule has 0 aromatic heterocycles. The van der Waals surface area contributed by atoms with Crippen molar-refractivity contribution in [2.24, 2.45) is 17.6 Å². The summed E-state index contributed by atoms with van der Waals surface area (Å²) < 4.78 is 0. The zero-order valence-electron chi connectivity index (χ0n) is 30.6. The van der Waals surface area contributed by atoms with Gasteiger partial charge < -0.3 is 42.7 Å². The maximum absolute atomic E-state index is 13.9. The molecule has 0 spiro atoms. The van der Waals surface area contributed by atoms with Gasteiger partial charge in [0.05, 0.1) is 0 Å². The number of carboxylic acids is 1. The average molecular weight is 764 g/mol. The van der Waals surface area contributed by atoms with Crippen LogP contribution in [0.15, 0.2) is 30.3 Å². The third kappa shape index (κ3) is 17.1. The van der Waals surface area contributed by atoms with Gasteiger partial charge in [-0.05, 0) is 36.7 Å². The van der Waals surface area contributed by atoms with Crippen LogP contribution in [-0.4, -0.2) is 95.1 Å². The van der Waals surface area contributed by atoms with Crippen molar-refractivity contribution in [2.75, 3.05) is 12.4 Å². The quantitative estimate of drug-likeness (QED) is 0.0760. The standard InChI is InChI=1S/C36H54ClN7O9/c1-21(2)16-26(33(49)43-28(36(52)53)18-24-12-8-5-9-13-24)41-35(51)29(20-39-31(47)19-37)44-34(50)27(17-23-10-6-4-7-11-23)42-32(48)25(40-22(3)45)14-15-30(38)46/h5,8-9,12-13,21,23,25-29H,4,6-7,10-11,14-20H2,1-3H3,(H2,38,46)(H,39,47)(H,40,45)(H,41,51)(H,42,48)(H,43,49)(H,44,50)(H,52,53)/t25-,26-,27-,28-,29-/m0/s1. The smallest absolute Gasteiger partial charge is 0.326 e. The predicted molar refractivity (Wildman–Crippen MR) is 196 cm³/mol. The van der Waals surface area contributed by atoms with E-state index in [4.69, 9.17) is 17.3 Å². The van der Waals surface area contributed by atoms with Gasteiger partial charge in [-0.1, -0.05) is 76.3 Å². The molecule has 1 aromatic rings. The first-order valence-electron chi connectivity index (χ1n) is 18.0. The first kappa shape index (κ1) is 44.4. The van der Waals surface area contributed by atoms with Crippen molar-refractivity contribution >= 4 is 58.9 Å². The van der Waals surface area contributed by atoms with Gasteiger partial charge in [-0.3, -0.25) is 33.6 Å². The molecule has 17 heteroatoms. The lowest BCUT2D eigenvalue weighted by Gasteiger charge is -2.30. The van der Waals surface area contributed by atoms with Crippen LogP contribution in [-0.2, 0) is 44.8 Å². The van der Waals surface area contributed by atoms with E-state index in [9.17, 15) is 43.5 Å². The number of aliphatic carboxylic acids is 1. The fourth-order valence-corrected chi connectivity index (χ4v) is 6.20. The summed E-state index contributed by atoms with van der Waals surface area (Å²) in [6, 6.07) is 2.38. The number of nitrogens with two attached hydrogens (primary N) is 1. The number of primary amides is 1. The van der Waals surface area contributed by atoms with Crippen LogP contribution in [0.1, 0.15) is 84.1 Å². The molecule has 7 amide bonds. The number of carboxylic acid groups (broad SMARTS) is 1. The molecule has 1 aromatic carbocycles. The summed E-state index contributed by atoms with van der Waals surface area (Å²) in [7, 11) is 0. The molecule has 9 N–H and O–H groups in total. The van der Waals surface area contributed by atoms with Gasteiger partial charge in [-0.2, -0.15) is 0 Å². The monoisotopic (exact) mass is 763 g/mol. The summed E-state index contributed by atoms with van der Waals surface area (Å²) in [6.45, 7) is 4.39. The summed E-state index contributed by atoms with van der Waals surface area (Å²) in [4.78, 5) is 102. The molecule has 1 aliphatic rings. The van der Waals surface area contributed by atoms with Gasteiger partial charge in [-0.15, -0.1) is 11.6 Å². The maximum atomic E-state index is 13.9. The molecule has 1 fully saturated rings. The second-order valence-electron chi connectivity index (χ2n) is 13.8. The number of carbonyl (C=O) groups is 8. The molecule has 0 radical (unpaired) electrons. The molecule has 0 bridgehead atoms. The van der Waals surface area contributed by atoms with Gasteiger partial charge in [0.2, 0.25) is 41.4 Å². The third-order valence-electron chi connectivity index (χ3n) is 8.80. The van der Waals surface area contributed by atoms with E-state index in [2.05, 4.69) is 31.9 Å². The zero-order valence-corrected chi connectivity index (χ0v) is 31.3. The van der Waals surface area contributed by atoms with Crippen LogP contribution < -0.4 is 37.6 Å². The highest BCUT2D eigenvalue weighted by molar-refractivity contribution is 6.27. The van der Waals surface area contributed by atoms with Crippen LogP contribution in [0, 0.1) is 11.8 Å². The fourth-order valence-electron chi connectivity index (χ4n) is 6.10. The van der Waals surface area contributed by atoms with E-state index in [1.807, 2.05) is 0 Å². The van der Waals surface area contributed by atoms with Crippen molar-refractivity contribution in [1.29, 1.82) is 0 Å². The van der Waals surface area contributed by atoms with E-state index in [1.54, 1.807) is 44.2 Å². The van der Waals surface area contributed by atoms with Crippen LogP contribution in [0.25, 0.3) is 0 Å². The Bertz CT molecular complexity index is 1420. The highest BCUT2D eigenvalue weighted by Crippen LogP contribution is 2.27. The van der Waals surface area contributed by atoms with Gasteiger partial charge in [0.1, 0.15) is 36.1 Å². The molecule has 0 heterocycles. The number of benzene rings is 1. The van der Waals surface area contributed by atoms with Gasteiger partial charge in [0.25, 0.3) is 0 Å². The van der Waals surface area contributed by atoms with Crippen molar-refractivity contribution < 1.29 is 43.5 Å². The Morgan fingerprint density at radius 3 is 1.89 bits per heavy atom. The van der Waals surface area contributed by atoms with Gasteiger partial charge in [-0.25, -0.2) is 4.79 Å². The molecule has 16 nitrogen and oxygen atoms in total. The van der Waals surface area contributed by atoms with E-state index in [0.717, 1.165) is 32.1 Å². The molecule has 1 saturated carbocycles. The Balaban J connectivity index is 2.34. The second-order valence-corrected chi connectivity index (χ2v) is 14.1. The van der Waals surface area contributed by atoms with Crippen LogP contribution >= 0.6 is 11.6 Å². The molecule has 5 atom stereocenters. The van der Waals surface area contributed by atoms with Gasteiger partial charge >= 0.3 is 5.97 Å². The normalized spacial score (nSPS) is 15.8. The number of amides is 7. The van der Waals surface area contributed by atoms with Crippen molar-refractivity contribution in [3.63, 3.8) is 0 Å². The van der Waals surface area contributed by atoms with Crippen molar-refractivity contribution in [2.45, 2.75) is 115 Å². The highest BCUT2D eigenvalue weighted by Gasteiger charge is 2.34. The summed E-state index contributed by atoms with van der Waals surface area (Å²) in [5.74, 6) is -6.75. The highest BCUT2D eigenvalue weighted by atomic mass is 35.5. The van der Waals surface area contributed by atoms with Crippen LogP contribution in [0.3, 0.4) is 0 Å². The lowest BCUT2D eigenvalue weighted by atomic mass is 9.84. The topological polar surface area (TPSA) is 255 Å². The van der Waals surface area contributed by atoms with E-state index in [1.165, 1.54) is 6.92 Å². The Hall–Kier alpha value is -4.73. The number of hydrogen-bond donors (Lipinski definition) is 8. The molecule has 0 aliphatic heterocycles. The average Bonchev–Trinajstić information content (AvgIpc) is 3.10. The minimum absolute atomic E-state index is 0.00712. The molecule has 1 aliphatic carbocycles. The Morgan fingerprint density at radius 1 is 0.774 bits per heavy atom. The summed E-state index contributed by atoms with van der Waals surface area (Å²) in [5.41, 5.74) is 5.94. The lowest BCUT2D eigenvalue weighted by molar-refractivity contribution is -0.142. The Kier molecular flexibility index (Phi) is 19.3. The van der Waals surface area contributed by atoms with E-state index in [0.29, 0.717) is 5.56 Å². The molecule has 0 unspecified atom stereocenters. The van der Waals surface area contributed by atoms with Crippen LogP contribution in [0.5, 0.6) is 0 Å². The minimum atomic E-state index is -1.46. The summed E-state index contributed by atoms with van der Waals surface area (Å²) in [6.07, 6.45) is 4.51. The van der Waals surface area contributed by atoms with E-state index < -0.39 is 90.0 Å². The fraction of sp³-hybridized carbons (Fsp3) is 0.611. The summed E-state index contributed by atoms with van der Waals surface area (Å²) >= 11 is 5.66. The molecular formula is C36H54ClN7O9. The van der Waals surface area contributed by atoms with Crippen LogP contribution in [0.2, 0.25) is 0 Å². The number of halogens is 1. The van der Waals surface area contributed by atoms with Crippen molar-refractivity contribution in [1.82, 2.24) is 31.9 Å². The molecule has 0 saturated heterocycles. The molecule has 53 heavy (non-hydrogen) atoms. The van der Waals surface area contributed by atoms with Crippen molar-refractivity contribution in [3.8, 4) is 0 Å². The Labute approximate surface area is 314 Å². The number of carbonyl (C=O) groups excluding carboxylic acids is 7. The first-order chi connectivity index (χ1) is 25.1. The van der Waals surface area contributed by atoms with E-state index in [-0.39, 0.29) is 43.9 Å². The first-order valence-corrected chi connectivity index (χ1v) is 18.5. The molecule has 294 valence electrons. The van der Waals surface area contributed by atoms with Gasteiger partial charge in [0.15, 0.2) is 0 Å². The predicted octanol–water partition coefficient (Wildman–Crippen LogP) is 0.395. The maximum Gasteiger partial charge on any atom is 0.326 e.